The van der Waals surface area contributed by atoms with Crippen LogP contribution in [0.5, 0.6) is 0 Å². The predicted octanol–water partition coefficient (Wildman–Crippen LogP) is 2.95. The summed E-state index contributed by atoms with van der Waals surface area (Å²) in [5, 5.41) is 9.46. The van der Waals surface area contributed by atoms with Crippen LogP contribution in [0.1, 0.15) is 31.7 Å². The standard InChI is InChI=1S/C13H17Cl2NO3S/c1-8-2-3-9(6-8)16-20(18,19)12-5-4-11(14)10(7-17)13(12)15/h4-5,8-9,16-17H,2-3,6-7H2,1H3. The molecule has 2 rings (SSSR count). The summed E-state index contributed by atoms with van der Waals surface area (Å²) in [6.45, 7) is 1.70. The summed E-state index contributed by atoms with van der Waals surface area (Å²) in [6.07, 6.45) is 2.68. The van der Waals surface area contributed by atoms with Crippen molar-refractivity contribution < 1.29 is 13.5 Å². The molecule has 2 unspecified atom stereocenters. The van der Waals surface area contributed by atoms with Gasteiger partial charge in [-0.15, -0.1) is 0 Å². The second-order valence-corrected chi connectivity index (χ2v) is 7.70. The number of hydrogen-bond acceptors (Lipinski definition) is 3. The highest BCUT2D eigenvalue weighted by molar-refractivity contribution is 7.89. The monoisotopic (exact) mass is 337 g/mol. The van der Waals surface area contributed by atoms with Crippen LogP contribution in [0.15, 0.2) is 17.0 Å². The third kappa shape index (κ3) is 3.28. The summed E-state index contributed by atoms with van der Waals surface area (Å²) in [5.74, 6) is 0.524. The lowest BCUT2D eigenvalue weighted by Crippen LogP contribution is -2.33. The van der Waals surface area contributed by atoms with E-state index in [9.17, 15) is 13.5 Å². The molecule has 0 spiro atoms. The van der Waals surface area contributed by atoms with Crippen molar-refractivity contribution in [2.45, 2.75) is 43.7 Å². The van der Waals surface area contributed by atoms with Crippen LogP contribution in [0.3, 0.4) is 0 Å². The van der Waals surface area contributed by atoms with Gasteiger partial charge in [-0.2, -0.15) is 0 Å². The number of nitrogens with one attached hydrogen (secondary N) is 1. The summed E-state index contributed by atoms with van der Waals surface area (Å²) in [4.78, 5) is -0.0350. The fourth-order valence-electron chi connectivity index (χ4n) is 2.53. The Balaban J connectivity index is 2.30. The number of halogens is 2. The lowest BCUT2D eigenvalue weighted by atomic mass is 10.1. The first-order chi connectivity index (χ1) is 9.35. The molecule has 1 aliphatic rings. The molecule has 7 heteroatoms. The molecule has 1 saturated carbocycles. The van der Waals surface area contributed by atoms with Crippen molar-refractivity contribution in [1.29, 1.82) is 0 Å². The van der Waals surface area contributed by atoms with Gasteiger partial charge in [0.1, 0.15) is 4.90 Å². The van der Waals surface area contributed by atoms with Crippen LogP contribution in [-0.4, -0.2) is 19.6 Å². The quantitative estimate of drug-likeness (QED) is 0.887. The third-order valence-electron chi connectivity index (χ3n) is 3.61. The Morgan fingerprint density at radius 1 is 1.35 bits per heavy atom. The van der Waals surface area contributed by atoms with Crippen LogP contribution in [-0.2, 0) is 16.6 Å². The second-order valence-electron chi connectivity index (χ2n) is 5.23. The molecule has 0 radical (unpaired) electrons. The maximum Gasteiger partial charge on any atom is 0.242 e. The van der Waals surface area contributed by atoms with Crippen molar-refractivity contribution in [1.82, 2.24) is 4.72 Å². The summed E-state index contributed by atoms with van der Waals surface area (Å²) >= 11 is 11.9. The first kappa shape index (κ1) is 16.0. The van der Waals surface area contributed by atoms with Gasteiger partial charge in [-0.25, -0.2) is 13.1 Å². The van der Waals surface area contributed by atoms with E-state index in [0.717, 1.165) is 19.3 Å². The zero-order chi connectivity index (χ0) is 14.9. The van der Waals surface area contributed by atoms with Gasteiger partial charge in [0.25, 0.3) is 0 Å². The molecule has 1 aromatic rings. The average molecular weight is 338 g/mol. The Hall–Kier alpha value is -0.330. The van der Waals surface area contributed by atoms with Crippen molar-refractivity contribution in [3.05, 3.63) is 27.7 Å². The minimum atomic E-state index is -3.70. The van der Waals surface area contributed by atoms with E-state index < -0.39 is 16.6 Å². The summed E-state index contributed by atoms with van der Waals surface area (Å²) in [6, 6.07) is 2.74. The second kappa shape index (κ2) is 6.20. The number of aliphatic hydroxyl groups is 1. The molecule has 0 amide bonds. The minimum Gasteiger partial charge on any atom is -0.392 e. The average Bonchev–Trinajstić information content (AvgIpc) is 2.74. The van der Waals surface area contributed by atoms with E-state index in [4.69, 9.17) is 23.2 Å². The van der Waals surface area contributed by atoms with Gasteiger partial charge in [0, 0.05) is 16.6 Å². The van der Waals surface area contributed by atoms with Crippen LogP contribution >= 0.6 is 23.2 Å². The lowest BCUT2D eigenvalue weighted by molar-refractivity contribution is 0.281. The molecule has 0 heterocycles. The zero-order valence-electron chi connectivity index (χ0n) is 11.1. The van der Waals surface area contributed by atoms with Crippen LogP contribution in [0.2, 0.25) is 10.0 Å². The molecular formula is C13H17Cl2NO3S. The van der Waals surface area contributed by atoms with Crippen LogP contribution in [0.25, 0.3) is 0 Å². The van der Waals surface area contributed by atoms with Crippen LogP contribution in [0.4, 0.5) is 0 Å². The molecule has 0 bridgehead atoms. The van der Waals surface area contributed by atoms with E-state index in [-0.39, 0.29) is 26.5 Å². The molecule has 2 atom stereocenters. The molecule has 0 aromatic heterocycles. The molecule has 20 heavy (non-hydrogen) atoms. The van der Waals surface area contributed by atoms with Gasteiger partial charge in [-0.05, 0) is 37.3 Å². The molecule has 2 N–H and O–H groups in total. The maximum atomic E-state index is 12.4. The summed E-state index contributed by atoms with van der Waals surface area (Å²) in [7, 11) is -3.70. The first-order valence-corrected chi connectivity index (χ1v) is 8.69. The molecule has 1 aromatic carbocycles. The van der Waals surface area contributed by atoms with E-state index in [1.807, 2.05) is 0 Å². The van der Waals surface area contributed by atoms with E-state index in [0.29, 0.717) is 5.92 Å². The predicted molar refractivity (Wildman–Crippen MR) is 79.5 cm³/mol. The largest absolute Gasteiger partial charge is 0.392 e. The van der Waals surface area contributed by atoms with E-state index >= 15 is 0 Å². The van der Waals surface area contributed by atoms with Gasteiger partial charge in [0.05, 0.1) is 11.6 Å². The highest BCUT2D eigenvalue weighted by atomic mass is 35.5. The number of rotatable bonds is 4. The van der Waals surface area contributed by atoms with Gasteiger partial charge in [-0.3, -0.25) is 0 Å². The maximum absolute atomic E-state index is 12.4. The fourth-order valence-corrected chi connectivity index (χ4v) is 4.71. The van der Waals surface area contributed by atoms with Crippen molar-refractivity contribution in [2.75, 3.05) is 0 Å². The van der Waals surface area contributed by atoms with E-state index in [1.54, 1.807) is 0 Å². The third-order valence-corrected chi connectivity index (χ3v) is 6.08. The number of hydrogen-bond donors (Lipinski definition) is 2. The minimum absolute atomic E-state index is 0.0152. The normalized spacial score (nSPS) is 23.2. The fraction of sp³-hybridized carbons (Fsp3) is 0.538. The van der Waals surface area contributed by atoms with Crippen LogP contribution < -0.4 is 4.72 Å². The first-order valence-electron chi connectivity index (χ1n) is 6.45. The van der Waals surface area contributed by atoms with Gasteiger partial charge in [0.15, 0.2) is 0 Å². The van der Waals surface area contributed by atoms with Crippen molar-refractivity contribution >= 4 is 33.2 Å². The number of aliphatic hydroxyl groups excluding tert-OH is 1. The molecular weight excluding hydrogens is 321 g/mol. The number of benzene rings is 1. The van der Waals surface area contributed by atoms with Gasteiger partial charge >= 0.3 is 0 Å². The Bertz CT molecular complexity index is 604. The molecule has 112 valence electrons. The Kier molecular flexibility index (Phi) is 4.97. The Morgan fingerprint density at radius 3 is 2.60 bits per heavy atom. The molecule has 0 aliphatic heterocycles. The highest BCUT2D eigenvalue weighted by Crippen LogP contribution is 2.32. The van der Waals surface area contributed by atoms with E-state index in [1.165, 1.54) is 12.1 Å². The Labute approximate surface area is 129 Å². The van der Waals surface area contributed by atoms with Gasteiger partial charge in [0.2, 0.25) is 10.0 Å². The van der Waals surface area contributed by atoms with Gasteiger partial charge in [-0.1, -0.05) is 30.1 Å². The molecule has 1 fully saturated rings. The zero-order valence-corrected chi connectivity index (χ0v) is 13.4. The highest BCUT2D eigenvalue weighted by Gasteiger charge is 2.28. The number of sulfonamides is 1. The topological polar surface area (TPSA) is 66.4 Å². The molecule has 4 nitrogen and oxygen atoms in total. The smallest absolute Gasteiger partial charge is 0.242 e. The Morgan fingerprint density at radius 2 is 2.05 bits per heavy atom. The molecule has 0 saturated heterocycles. The van der Waals surface area contributed by atoms with Crippen LogP contribution in [0, 0.1) is 5.92 Å². The van der Waals surface area contributed by atoms with Gasteiger partial charge < -0.3 is 5.11 Å². The van der Waals surface area contributed by atoms with E-state index in [2.05, 4.69) is 11.6 Å². The lowest BCUT2D eigenvalue weighted by Gasteiger charge is -2.15. The SMILES string of the molecule is CC1CCC(NS(=O)(=O)c2ccc(Cl)c(CO)c2Cl)C1. The molecule has 1 aliphatic carbocycles. The summed E-state index contributed by atoms with van der Waals surface area (Å²) < 4.78 is 27.4. The summed E-state index contributed by atoms with van der Waals surface area (Å²) in [5.41, 5.74) is 0.232. The van der Waals surface area contributed by atoms with Crippen molar-refractivity contribution in [3.8, 4) is 0 Å². The van der Waals surface area contributed by atoms with Crippen molar-refractivity contribution in [3.63, 3.8) is 0 Å². The van der Waals surface area contributed by atoms with Crippen molar-refractivity contribution in [2.24, 2.45) is 5.92 Å².